The molecule has 1 amide bonds. The van der Waals surface area contributed by atoms with Gasteiger partial charge in [0, 0.05) is 12.0 Å². The fourth-order valence-corrected chi connectivity index (χ4v) is 1.44. The zero-order valence-electron chi connectivity index (χ0n) is 9.11. The average molecular weight is 257 g/mol. The lowest BCUT2D eigenvalue weighted by atomic mass is 10.2. The SMILES string of the molecule is NNC(=O)CCCOc1ccc(C=O)cc1Cl. The number of carbonyl (C=O) groups excluding carboxylic acids is 2. The molecule has 0 atom stereocenters. The van der Waals surface area contributed by atoms with E-state index in [9.17, 15) is 9.59 Å². The van der Waals surface area contributed by atoms with Crippen LogP contribution in [0.1, 0.15) is 23.2 Å². The van der Waals surface area contributed by atoms with Crippen LogP contribution < -0.4 is 16.0 Å². The second-order valence-electron chi connectivity index (χ2n) is 3.33. The Bertz CT molecular complexity index is 410. The highest BCUT2D eigenvalue weighted by molar-refractivity contribution is 6.32. The molecule has 0 aromatic heterocycles. The van der Waals surface area contributed by atoms with Crippen LogP contribution in [0.4, 0.5) is 0 Å². The Kier molecular flexibility index (Phi) is 5.45. The fraction of sp³-hybridized carbons (Fsp3) is 0.273. The van der Waals surface area contributed by atoms with Gasteiger partial charge in [-0.3, -0.25) is 15.0 Å². The maximum Gasteiger partial charge on any atom is 0.234 e. The fourth-order valence-electron chi connectivity index (χ4n) is 1.19. The molecule has 0 heterocycles. The molecule has 0 radical (unpaired) electrons. The van der Waals surface area contributed by atoms with Crippen molar-refractivity contribution in [2.24, 2.45) is 5.84 Å². The van der Waals surface area contributed by atoms with Crippen molar-refractivity contribution in [3.8, 4) is 5.75 Å². The summed E-state index contributed by atoms with van der Waals surface area (Å²) in [5.74, 6) is 5.18. The van der Waals surface area contributed by atoms with E-state index in [4.69, 9.17) is 22.2 Å². The molecule has 0 aliphatic carbocycles. The molecule has 0 unspecified atom stereocenters. The van der Waals surface area contributed by atoms with Gasteiger partial charge in [-0.15, -0.1) is 0 Å². The maximum atomic E-state index is 10.8. The lowest BCUT2D eigenvalue weighted by molar-refractivity contribution is -0.121. The number of aldehydes is 1. The van der Waals surface area contributed by atoms with Gasteiger partial charge in [-0.25, -0.2) is 5.84 Å². The van der Waals surface area contributed by atoms with Crippen molar-refractivity contribution in [3.63, 3.8) is 0 Å². The van der Waals surface area contributed by atoms with Gasteiger partial charge in [0.2, 0.25) is 5.91 Å². The van der Waals surface area contributed by atoms with Crippen LogP contribution in [0.2, 0.25) is 5.02 Å². The first-order valence-corrected chi connectivity index (χ1v) is 5.42. The summed E-state index contributed by atoms with van der Waals surface area (Å²) in [5, 5.41) is 0.373. The first-order valence-electron chi connectivity index (χ1n) is 5.04. The number of carbonyl (C=O) groups is 2. The number of benzene rings is 1. The topological polar surface area (TPSA) is 81.4 Å². The molecule has 0 saturated carbocycles. The molecule has 0 bridgehead atoms. The summed E-state index contributed by atoms with van der Waals surface area (Å²) in [4.78, 5) is 21.3. The summed E-state index contributed by atoms with van der Waals surface area (Å²) in [7, 11) is 0. The Balaban J connectivity index is 2.41. The summed E-state index contributed by atoms with van der Waals surface area (Å²) in [6.45, 7) is 0.355. The van der Waals surface area contributed by atoms with E-state index in [0.29, 0.717) is 42.1 Å². The molecule has 1 rings (SSSR count). The van der Waals surface area contributed by atoms with E-state index in [1.807, 2.05) is 5.43 Å². The lowest BCUT2D eigenvalue weighted by Gasteiger charge is -2.07. The smallest absolute Gasteiger partial charge is 0.234 e. The maximum absolute atomic E-state index is 10.8. The minimum absolute atomic E-state index is 0.240. The Labute approximate surface area is 104 Å². The van der Waals surface area contributed by atoms with Crippen molar-refractivity contribution in [1.29, 1.82) is 0 Å². The number of halogens is 1. The van der Waals surface area contributed by atoms with Crippen molar-refractivity contribution in [2.45, 2.75) is 12.8 Å². The number of nitrogens with one attached hydrogen (secondary N) is 1. The van der Waals surface area contributed by atoms with E-state index in [-0.39, 0.29) is 5.91 Å². The Hall–Kier alpha value is -1.59. The Morgan fingerprint density at radius 3 is 2.88 bits per heavy atom. The highest BCUT2D eigenvalue weighted by Gasteiger charge is 2.03. The number of rotatable bonds is 6. The third-order valence-corrected chi connectivity index (χ3v) is 2.35. The van der Waals surface area contributed by atoms with E-state index in [1.54, 1.807) is 12.1 Å². The molecule has 0 aliphatic rings. The first kappa shape index (κ1) is 13.5. The van der Waals surface area contributed by atoms with Crippen LogP contribution in [-0.4, -0.2) is 18.8 Å². The van der Waals surface area contributed by atoms with Gasteiger partial charge in [-0.1, -0.05) is 11.6 Å². The molecule has 17 heavy (non-hydrogen) atoms. The molecule has 3 N–H and O–H groups in total. The van der Waals surface area contributed by atoms with Crippen molar-refractivity contribution in [3.05, 3.63) is 28.8 Å². The zero-order valence-corrected chi connectivity index (χ0v) is 9.87. The minimum Gasteiger partial charge on any atom is -0.492 e. The molecule has 92 valence electrons. The van der Waals surface area contributed by atoms with Gasteiger partial charge in [0.05, 0.1) is 11.6 Å². The molecular formula is C11H13ClN2O3. The van der Waals surface area contributed by atoms with Gasteiger partial charge in [-0.05, 0) is 24.6 Å². The molecule has 5 nitrogen and oxygen atoms in total. The molecular weight excluding hydrogens is 244 g/mol. The van der Waals surface area contributed by atoms with Crippen LogP contribution in [0.15, 0.2) is 18.2 Å². The second-order valence-corrected chi connectivity index (χ2v) is 3.73. The molecule has 0 aliphatic heterocycles. The van der Waals surface area contributed by atoms with Crippen LogP contribution >= 0.6 is 11.6 Å². The molecule has 0 saturated heterocycles. The quantitative estimate of drug-likeness (QED) is 0.264. The Morgan fingerprint density at radius 2 is 2.29 bits per heavy atom. The molecule has 0 fully saturated rings. The van der Waals surface area contributed by atoms with Crippen molar-refractivity contribution < 1.29 is 14.3 Å². The summed E-state index contributed by atoms with van der Waals surface area (Å²) in [6, 6.07) is 4.76. The van der Waals surface area contributed by atoms with Crippen LogP contribution in [0, 0.1) is 0 Å². The monoisotopic (exact) mass is 256 g/mol. The van der Waals surface area contributed by atoms with E-state index in [0.717, 1.165) is 0 Å². The van der Waals surface area contributed by atoms with Crippen molar-refractivity contribution >= 4 is 23.8 Å². The van der Waals surface area contributed by atoms with Crippen molar-refractivity contribution in [1.82, 2.24) is 5.43 Å². The van der Waals surface area contributed by atoms with E-state index < -0.39 is 0 Å². The third-order valence-electron chi connectivity index (χ3n) is 2.06. The number of hydrogen-bond acceptors (Lipinski definition) is 4. The first-order chi connectivity index (χ1) is 8.17. The largest absolute Gasteiger partial charge is 0.492 e. The molecule has 1 aromatic rings. The number of nitrogens with two attached hydrogens (primary N) is 1. The zero-order chi connectivity index (χ0) is 12.7. The minimum atomic E-state index is -0.240. The van der Waals surface area contributed by atoms with Crippen LogP contribution in [0.5, 0.6) is 5.75 Å². The molecule has 0 spiro atoms. The summed E-state index contributed by atoms with van der Waals surface area (Å²) in [5.41, 5.74) is 2.52. The predicted molar refractivity (Wildman–Crippen MR) is 63.9 cm³/mol. The van der Waals surface area contributed by atoms with E-state index in [2.05, 4.69) is 0 Å². The van der Waals surface area contributed by atoms with Gasteiger partial charge in [-0.2, -0.15) is 0 Å². The van der Waals surface area contributed by atoms with E-state index >= 15 is 0 Å². The number of hydrogen-bond donors (Lipinski definition) is 2. The number of hydrazine groups is 1. The third kappa shape index (κ3) is 4.42. The standard InChI is InChI=1S/C11H13ClN2O3/c12-9-6-8(7-15)3-4-10(9)17-5-1-2-11(16)14-13/h3-4,6-7H,1-2,5,13H2,(H,14,16). The predicted octanol–water partition coefficient (Wildman–Crippen LogP) is 1.30. The van der Waals surface area contributed by atoms with Crippen molar-refractivity contribution in [2.75, 3.05) is 6.61 Å². The average Bonchev–Trinajstić information content (AvgIpc) is 2.35. The Morgan fingerprint density at radius 1 is 1.53 bits per heavy atom. The van der Waals surface area contributed by atoms with Crippen LogP contribution in [0.25, 0.3) is 0 Å². The van der Waals surface area contributed by atoms with E-state index in [1.165, 1.54) is 6.07 Å². The van der Waals surface area contributed by atoms with Gasteiger partial charge in [0.25, 0.3) is 0 Å². The summed E-state index contributed by atoms with van der Waals surface area (Å²) >= 11 is 5.89. The van der Waals surface area contributed by atoms with Crippen LogP contribution in [-0.2, 0) is 4.79 Å². The highest BCUT2D eigenvalue weighted by atomic mass is 35.5. The summed E-state index contributed by atoms with van der Waals surface area (Å²) < 4.78 is 5.36. The van der Waals surface area contributed by atoms with Gasteiger partial charge in [0.15, 0.2) is 0 Å². The highest BCUT2D eigenvalue weighted by Crippen LogP contribution is 2.25. The van der Waals surface area contributed by atoms with Gasteiger partial charge >= 0.3 is 0 Å². The number of amides is 1. The second kappa shape index (κ2) is 6.88. The van der Waals surface area contributed by atoms with Crippen LogP contribution in [0.3, 0.4) is 0 Å². The van der Waals surface area contributed by atoms with Gasteiger partial charge < -0.3 is 4.74 Å². The summed E-state index contributed by atoms with van der Waals surface area (Å²) in [6.07, 6.45) is 1.54. The normalized spacial score (nSPS) is 9.76. The number of ether oxygens (including phenoxy) is 1. The molecule has 6 heteroatoms. The lowest BCUT2D eigenvalue weighted by Crippen LogP contribution is -2.29. The van der Waals surface area contributed by atoms with Gasteiger partial charge in [0.1, 0.15) is 12.0 Å². The molecule has 1 aromatic carbocycles.